The monoisotopic (exact) mass is 106 g/mol. The van der Waals surface area contributed by atoms with Crippen molar-refractivity contribution in [2.75, 3.05) is 0 Å². The van der Waals surface area contributed by atoms with Crippen molar-refractivity contribution >= 4 is 5.71 Å². The van der Waals surface area contributed by atoms with Gasteiger partial charge in [0.2, 0.25) is 0 Å². The molecule has 1 aliphatic heterocycles. The fraction of sp³-hybridized carbons (Fsp3) is 0.333. The summed E-state index contributed by atoms with van der Waals surface area (Å²) in [6.07, 6.45) is 2.68. The summed E-state index contributed by atoms with van der Waals surface area (Å²) in [5.74, 6) is 0. The van der Waals surface area contributed by atoms with Crippen LogP contribution in [0, 0.1) is 11.3 Å². The Balaban J connectivity index is 2.77. The Morgan fingerprint density at radius 3 is 2.88 bits per heavy atom. The standard InChI is InChI=1S/C6H6N2/c1-5-2-3-6(4-7)8-5/h3H,2H2,1H3. The van der Waals surface area contributed by atoms with E-state index in [2.05, 4.69) is 4.99 Å². The van der Waals surface area contributed by atoms with Gasteiger partial charge in [0.1, 0.15) is 11.8 Å². The highest BCUT2D eigenvalue weighted by molar-refractivity contribution is 5.87. The third-order valence-electron chi connectivity index (χ3n) is 1.02. The molecule has 0 saturated carbocycles. The molecule has 0 aromatic rings. The third-order valence-corrected chi connectivity index (χ3v) is 1.02. The molecule has 0 aliphatic carbocycles. The molecule has 0 bridgehead atoms. The summed E-state index contributed by atoms with van der Waals surface area (Å²) >= 11 is 0. The van der Waals surface area contributed by atoms with Gasteiger partial charge < -0.3 is 0 Å². The van der Waals surface area contributed by atoms with Crippen molar-refractivity contribution in [1.82, 2.24) is 0 Å². The number of allylic oxidation sites excluding steroid dienone is 2. The van der Waals surface area contributed by atoms with Gasteiger partial charge in [0.05, 0.1) is 0 Å². The number of hydrogen-bond acceptors (Lipinski definition) is 2. The SMILES string of the molecule is CC1=NC(C#N)=CC1. The first kappa shape index (κ1) is 5.04. The van der Waals surface area contributed by atoms with Gasteiger partial charge in [0, 0.05) is 12.1 Å². The number of rotatable bonds is 0. The Kier molecular flexibility index (Phi) is 1.13. The van der Waals surface area contributed by atoms with E-state index in [0.29, 0.717) is 5.70 Å². The van der Waals surface area contributed by atoms with Crippen molar-refractivity contribution in [1.29, 1.82) is 5.26 Å². The zero-order chi connectivity index (χ0) is 5.98. The lowest BCUT2D eigenvalue weighted by molar-refractivity contribution is 1.40. The van der Waals surface area contributed by atoms with Gasteiger partial charge in [0.25, 0.3) is 0 Å². The first-order valence-corrected chi connectivity index (χ1v) is 2.47. The second-order valence-corrected chi connectivity index (χ2v) is 1.75. The Morgan fingerprint density at radius 2 is 2.62 bits per heavy atom. The molecule has 0 spiro atoms. The number of aliphatic imine (C=N–C) groups is 1. The van der Waals surface area contributed by atoms with Crippen LogP contribution in [0.3, 0.4) is 0 Å². The fourth-order valence-electron chi connectivity index (χ4n) is 0.612. The van der Waals surface area contributed by atoms with Crippen molar-refractivity contribution in [3.05, 3.63) is 11.8 Å². The summed E-state index contributed by atoms with van der Waals surface area (Å²) in [6.45, 7) is 1.92. The largest absolute Gasteiger partial charge is 0.247 e. The lowest BCUT2D eigenvalue weighted by Crippen LogP contribution is -1.78. The van der Waals surface area contributed by atoms with E-state index >= 15 is 0 Å². The predicted molar refractivity (Wildman–Crippen MR) is 31.4 cm³/mol. The van der Waals surface area contributed by atoms with Gasteiger partial charge >= 0.3 is 0 Å². The van der Waals surface area contributed by atoms with Crippen LogP contribution in [0.25, 0.3) is 0 Å². The van der Waals surface area contributed by atoms with Crippen LogP contribution < -0.4 is 0 Å². The average Bonchev–Trinajstić information content (AvgIpc) is 2.14. The number of nitrogens with zero attached hydrogens (tertiary/aromatic N) is 2. The highest BCUT2D eigenvalue weighted by Crippen LogP contribution is 2.07. The van der Waals surface area contributed by atoms with Crippen LogP contribution in [0.1, 0.15) is 13.3 Å². The molecule has 2 nitrogen and oxygen atoms in total. The first-order valence-electron chi connectivity index (χ1n) is 2.47. The molecule has 40 valence electrons. The second-order valence-electron chi connectivity index (χ2n) is 1.75. The summed E-state index contributed by atoms with van der Waals surface area (Å²) in [4.78, 5) is 3.92. The Labute approximate surface area is 48.2 Å². The van der Waals surface area contributed by atoms with Crippen LogP contribution in [0.2, 0.25) is 0 Å². The summed E-state index contributed by atoms with van der Waals surface area (Å²) < 4.78 is 0. The van der Waals surface area contributed by atoms with Crippen molar-refractivity contribution in [3.63, 3.8) is 0 Å². The van der Waals surface area contributed by atoms with Crippen LogP contribution in [-0.2, 0) is 0 Å². The molecule has 1 heterocycles. The van der Waals surface area contributed by atoms with Crippen LogP contribution in [0.4, 0.5) is 0 Å². The minimum atomic E-state index is 0.558. The number of hydrogen-bond donors (Lipinski definition) is 0. The van der Waals surface area contributed by atoms with Gasteiger partial charge in [-0.05, 0) is 13.0 Å². The Hall–Kier alpha value is -1.10. The van der Waals surface area contributed by atoms with E-state index in [1.165, 1.54) is 0 Å². The van der Waals surface area contributed by atoms with Crippen LogP contribution in [0.15, 0.2) is 16.8 Å². The van der Waals surface area contributed by atoms with Gasteiger partial charge in [-0.2, -0.15) is 5.26 Å². The van der Waals surface area contributed by atoms with Crippen molar-refractivity contribution in [2.45, 2.75) is 13.3 Å². The predicted octanol–water partition coefficient (Wildman–Crippen LogP) is 1.26. The third kappa shape index (κ3) is 0.760. The summed E-state index contributed by atoms with van der Waals surface area (Å²) in [6, 6.07) is 1.97. The molecule has 0 fully saturated rings. The van der Waals surface area contributed by atoms with E-state index in [9.17, 15) is 0 Å². The molecule has 0 aromatic carbocycles. The molecule has 0 atom stereocenters. The maximum atomic E-state index is 8.26. The van der Waals surface area contributed by atoms with Crippen molar-refractivity contribution in [3.8, 4) is 6.07 Å². The zero-order valence-corrected chi connectivity index (χ0v) is 4.68. The summed E-state index contributed by atoms with van der Waals surface area (Å²) in [7, 11) is 0. The Morgan fingerprint density at radius 1 is 1.88 bits per heavy atom. The number of nitriles is 1. The molecular weight excluding hydrogens is 100 g/mol. The molecule has 0 saturated heterocycles. The smallest absolute Gasteiger partial charge is 0.136 e. The average molecular weight is 106 g/mol. The summed E-state index contributed by atoms with van der Waals surface area (Å²) in [5.41, 5.74) is 1.59. The van der Waals surface area contributed by atoms with Crippen LogP contribution in [0.5, 0.6) is 0 Å². The minimum absolute atomic E-state index is 0.558. The van der Waals surface area contributed by atoms with Crippen molar-refractivity contribution < 1.29 is 0 Å². The zero-order valence-electron chi connectivity index (χ0n) is 4.68. The molecule has 8 heavy (non-hydrogen) atoms. The highest BCUT2D eigenvalue weighted by Gasteiger charge is 2.00. The molecule has 0 N–H and O–H groups in total. The van der Waals surface area contributed by atoms with Gasteiger partial charge in [-0.1, -0.05) is 0 Å². The molecule has 0 unspecified atom stereocenters. The first-order chi connectivity index (χ1) is 3.83. The van der Waals surface area contributed by atoms with Gasteiger partial charge in [-0.3, -0.25) is 0 Å². The van der Waals surface area contributed by atoms with E-state index in [1.54, 1.807) is 0 Å². The van der Waals surface area contributed by atoms with Crippen LogP contribution >= 0.6 is 0 Å². The molecule has 0 amide bonds. The van der Waals surface area contributed by atoms with E-state index in [0.717, 1.165) is 12.1 Å². The quantitative estimate of drug-likeness (QED) is 0.458. The lowest BCUT2D eigenvalue weighted by Gasteiger charge is -1.77. The maximum Gasteiger partial charge on any atom is 0.136 e. The molecule has 1 aliphatic rings. The topological polar surface area (TPSA) is 36.1 Å². The van der Waals surface area contributed by atoms with Gasteiger partial charge in [-0.15, -0.1) is 0 Å². The van der Waals surface area contributed by atoms with E-state index in [4.69, 9.17) is 5.26 Å². The van der Waals surface area contributed by atoms with Crippen LogP contribution in [-0.4, -0.2) is 5.71 Å². The molecule has 1 rings (SSSR count). The van der Waals surface area contributed by atoms with Crippen molar-refractivity contribution in [2.24, 2.45) is 4.99 Å². The van der Waals surface area contributed by atoms with Gasteiger partial charge in [-0.25, -0.2) is 4.99 Å². The fourth-order valence-corrected chi connectivity index (χ4v) is 0.612. The van der Waals surface area contributed by atoms with Gasteiger partial charge in [0.15, 0.2) is 0 Å². The second kappa shape index (κ2) is 1.79. The Bertz CT molecular complexity index is 193. The van der Waals surface area contributed by atoms with E-state index < -0.39 is 0 Å². The molecule has 0 radical (unpaired) electrons. The molecule has 2 heteroatoms. The van der Waals surface area contributed by atoms with E-state index in [1.807, 2.05) is 19.1 Å². The lowest BCUT2D eigenvalue weighted by atomic mass is 10.3. The summed E-state index contributed by atoms with van der Waals surface area (Å²) in [5, 5.41) is 8.26. The minimum Gasteiger partial charge on any atom is -0.247 e. The maximum absolute atomic E-state index is 8.26. The molecule has 0 aromatic heterocycles. The normalized spacial score (nSPS) is 17.0. The van der Waals surface area contributed by atoms with E-state index in [-0.39, 0.29) is 0 Å². The molecular formula is C6H6N2. The highest BCUT2D eigenvalue weighted by atomic mass is 14.8.